The van der Waals surface area contributed by atoms with E-state index >= 15 is 0 Å². The predicted octanol–water partition coefficient (Wildman–Crippen LogP) is 2.68. The van der Waals surface area contributed by atoms with E-state index in [-0.39, 0.29) is 45.6 Å². The van der Waals surface area contributed by atoms with Gasteiger partial charge in [0.1, 0.15) is 23.8 Å². The normalized spacial score (nSPS) is 10.4. The number of hydrogen-bond donors (Lipinski definition) is 4. The molecule has 13 heteroatoms. The smallest absolute Gasteiger partial charge is 0.335 e. The van der Waals surface area contributed by atoms with Crippen molar-refractivity contribution < 1.29 is 38.5 Å². The van der Waals surface area contributed by atoms with E-state index in [1.807, 2.05) is 0 Å². The van der Waals surface area contributed by atoms with Gasteiger partial charge in [-0.15, -0.1) is 0 Å². The van der Waals surface area contributed by atoms with E-state index in [0.717, 1.165) is 17.8 Å². The number of nitrogens with two attached hydrogens (primary N) is 1. The lowest BCUT2D eigenvalue weighted by Crippen LogP contribution is -2.16. The van der Waals surface area contributed by atoms with E-state index in [0.29, 0.717) is 5.69 Å². The Morgan fingerprint density at radius 3 is 2.23 bits per heavy atom. The quantitative estimate of drug-likeness (QED) is 0.192. The molecule has 0 spiro atoms. The highest BCUT2D eigenvalue weighted by Crippen LogP contribution is 2.19. The highest BCUT2D eigenvalue weighted by Gasteiger charge is 2.16. The fraction of sp³-hybridized carbons (Fsp3) is 0.0909. The van der Waals surface area contributed by atoms with Gasteiger partial charge in [-0.2, -0.15) is 0 Å². The molecule has 3 rings (SSSR count). The van der Waals surface area contributed by atoms with Gasteiger partial charge in [0, 0.05) is 11.9 Å². The molecule has 180 valence electrons. The lowest BCUT2D eigenvalue weighted by Gasteiger charge is -2.09. The highest BCUT2D eigenvalue weighted by atomic mass is 32.2. The Morgan fingerprint density at radius 2 is 1.66 bits per heavy atom. The van der Waals surface area contributed by atoms with Crippen LogP contribution in [0.25, 0.3) is 0 Å². The molecule has 0 unspecified atom stereocenters. The Kier molecular flexibility index (Phi) is 7.94. The molecule has 2 aromatic carbocycles. The summed E-state index contributed by atoms with van der Waals surface area (Å²) in [5.41, 5.74) is 5.84. The van der Waals surface area contributed by atoms with E-state index in [1.54, 1.807) is 0 Å². The first-order valence-corrected chi connectivity index (χ1v) is 10.7. The second kappa shape index (κ2) is 11.1. The minimum Gasteiger partial charge on any atom is -0.478 e. The van der Waals surface area contributed by atoms with Crippen LogP contribution in [-0.2, 0) is 16.1 Å². The minimum absolute atomic E-state index is 0.0196. The third kappa shape index (κ3) is 6.98. The van der Waals surface area contributed by atoms with Gasteiger partial charge in [-0.1, -0.05) is 11.8 Å². The van der Waals surface area contributed by atoms with Crippen LogP contribution in [0, 0.1) is 5.82 Å². The number of nitrogens with one attached hydrogen (secondary N) is 1. The number of anilines is 2. The summed E-state index contributed by atoms with van der Waals surface area (Å²) in [7, 11) is 0. The molecule has 0 saturated heterocycles. The zero-order valence-corrected chi connectivity index (χ0v) is 18.5. The Balaban J connectivity index is 1.56. The number of nitrogens with zero attached hydrogens (tertiary/aromatic N) is 2. The van der Waals surface area contributed by atoms with Crippen LogP contribution in [0.3, 0.4) is 0 Å². The number of nitrogen functional groups attached to an aromatic ring is 1. The van der Waals surface area contributed by atoms with Crippen LogP contribution in [0.5, 0.6) is 0 Å². The van der Waals surface area contributed by atoms with Crippen molar-refractivity contribution in [2.45, 2.75) is 11.8 Å². The maximum atomic E-state index is 13.0. The molecule has 0 fully saturated rings. The van der Waals surface area contributed by atoms with Crippen molar-refractivity contribution in [1.82, 2.24) is 9.97 Å². The van der Waals surface area contributed by atoms with Gasteiger partial charge in [0.05, 0.1) is 16.9 Å². The van der Waals surface area contributed by atoms with Crippen molar-refractivity contribution >= 4 is 47.1 Å². The molecule has 11 nitrogen and oxygen atoms in total. The molecular formula is C22H17FN4O7S. The molecule has 5 N–H and O–H groups in total. The molecule has 1 aromatic heterocycles. The number of ether oxygens (including phenoxy) is 1. The van der Waals surface area contributed by atoms with Crippen molar-refractivity contribution in [3.63, 3.8) is 0 Å². The Bertz CT molecular complexity index is 1270. The third-order valence-electron chi connectivity index (χ3n) is 4.35. The molecule has 0 aliphatic rings. The predicted molar refractivity (Wildman–Crippen MR) is 122 cm³/mol. The topological polar surface area (TPSA) is 182 Å². The number of aromatic nitrogens is 2. The Hall–Kier alpha value is -4.52. The second-order valence-electron chi connectivity index (χ2n) is 6.89. The number of benzene rings is 2. The van der Waals surface area contributed by atoms with Crippen molar-refractivity contribution in [1.29, 1.82) is 0 Å². The number of carboxylic acid groups (broad SMARTS) is 2. The van der Waals surface area contributed by atoms with E-state index in [1.165, 1.54) is 42.6 Å². The number of esters is 1. The van der Waals surface area contributed by atoms with Crippen LogP contribution in [0.4, 0.5) is 15.9 Å². The number of hydrogen-bond acceptors (Lipinski definition) is 9. The van der Waals surface area contributed by atoms with Crippen LogP contribution in [0.2, 0.25) is 0 Å². The fourth-order valence-corrected chi connectivity index (χ4v) is 3.33. The Labute approximate surface area is 201 Å². The summed E-state index contributed by atoms with van der Waals surface area (Å²) < 4.78 is 18.0. The van der Waals surface area contributed by atoms with Crippen LogP contribution in [-0.4, -0.2) is 49.7 Å². The maximum Gasteiger partial charge on any atom is 0.335 e. The minimum atomic E-state index is -1.32. The summed E-state index contributed by atoms with van der Waals surface area (Å²) in [6.45, 7) is -0.341. The van der Waals surface area contributed by atoms with Gasteiger partial charge >= 0.3 is 17.9 Å². The Morgan fingerprint density at radius 1 is 1.03 bits per heavy atom. The molecule has 35 heavy (non-hydrogen) atoms. The van der Waals surface area contributed by atoms with Crippen LogP contribution >= 0.6 is 11.8 Å². The van der Waals surface area contributed by atoms with Gasteiger partial charge < -0.3 is 26.0 Å². The number of rotatable bonds is 9. The van der Waals surface area contributed by atoms with E-state index in [4.69, 9.17) is 20.7 Å². The average molecular weight is 500 g/mol. The van der Waals surface area contributed by atoms with Gasteiger partial charge in [-0.3, -0.25) is 9.59 Å². The second-order valence-corrected chi connectivity index (χ2v) is 7.83. The first-order valence-electron chi connectivity index (χ1n) is 9.71. The van der Waals surface area contributed by atoms with Crippen molar-refractivity contribution in [3.05, 3.63) is 76.7 Å². The number of carbonyl (C=O) groups is 4. The maximum absolute atomic E-state index is 13.0. The summed E-state index contributed by atoms with van der Waals surface area (Å²) in [6.07, 6.45) is 1.18. The number of amides is 1. The lowest BCUT2D eigenvalue weighted by atomic mass is 10.1. The van der Waals surface area contributed by atoms with Crippen LogP contribution < -0.4 is 11.1 Å². The van der Waals surface area contributed by atoms with Crippen LogP contribution in [0.1, 0.15) is 36.6 Å². The molecule has 0 atom stereocenters. The number of aromatic carboxylic acids is 2. The molecular weight excluding hydrogens is 483 g/mol. The molecule has 0 radical (unpaired) electrons. The van der Waals surface area contributed by atoms with Gasteiger partial charge in [0.25, 0.3) is 5.91 Å². The summed E-state index contributed by atoms with van der Waals surface area (Å²) in [5.74, 6) is -4.76. The monoisotopic (exact) mass is 500 g/mol. The SMILES string of the molecule is Nc1nc(SCC(=O)OCc2cc(C(=O)O)cc(C(=O)O)c2)ncc1C(=O)Nc1ccc(F)cc1. The number of carboxylic acids is 2. The molecule has 3 aromatic rings. The molecule has 0 bridgehead atoms. The average Bonchev–Trinajstić information content (AvgIpc) is 2.82. The summed E-state index contributed by atoms with van der Waals surface area (Å²) in [4.78, 5) is 54.7. The first-order chi connectivity index (χ1) is 16.6. The van der Waals surface area contributed by atoms with Gasteiger partial charge in [0.2, 0.25) is 0 Å². The van der Waals surface area contributed by atoms with Crippen molar-refractivity contribution in [2.24, 2.45) is 0 Å². The summed E-state index contributed by atoms with van der Waals surface area (Å²) in [5, 5.41) is 20.8. The van der Waals surface area contributed by atoms with Crippen LogP contribution in [0.15, 0.2) is 53.8 Å². The largest absolute Gasteiger partial charge is 0.478 e. The number of carbonyl (C=O) groups excluding carboxylic acids is 2. The molecule has 0 aliphatic carbocycles. The fourth-order valence-electron chi connectivity index (χ4n) is 2.71. The molecule has 1 heterocycles. The van der Waals surface area contributed by atoms with Crippen molar-refractivity contribution in [3.8, 4) is 0 Å². The standard InChI is InChI=1S/C22H17FN4O7S/c23-14-1-3-15(4-2-14)26-19(29)16-8-25-22(27-18(16)24)35-10-17(28)34-9-11-5-12(20(30)31)7-13(6-11)21(32)33/h1-8H,9-10H2,(H,26,29)(H,30,31)(H,32,33)(H2,24,25,27). The van der Waals surface area contributed by atoms with E-state index < -0.39 is 29.6 Å². The molecule has 1 amide bonds. The zero-order chi connectivity index (χ0) is 25.5. The van der Waals surface area contributed by atoms with E-state index in [9.17, 15) is 23.6 Å². The molecule has 0 saturated carbocycles. The van der Waals surface area contributed by atoms with Crippen molar-refractivity contribution in [2.75, 3.05) is 16.8 Å². The zero-order valence-electron chi connectivity index (χ0n) is 17.7. The molecule has 0 aliphatic heterocycles. The van der Waals surface area contributed by atoms with Gasteiger partial charge in [-0.25, -0.2) is 23.9 Å². The van der Waals surface area contributed by atoms with Gasteiger partial charge in [-0.05, 0) is 48.0 Å². The highest BCUT2D eigenvalue weighted by molar-refractivity contribution is 7.99. The van der Waals surface area contributed by atoms with Gasteiger partial charge in [0.15, 0.2) is 5.16 Å². The third-order valence-corrected chi connectivity index (χ3v) is 5.18. The number of halogens is 1. The number of thioether (sulfide) groups is 1. The summed E-state index contributed by atoms with van der Waals surface area (Å²) in [6, 6.07) is 8.52. The summed E-state index contributed by atoms with van der Waals surface area (Å²) >= 11 is 0.882. The van der Waals surface area contributed by atoms with E-state index in [2.05, 4.69) is 15.3 Å². The first kappa shape index (κ1) is 25.1. The lowest BCUT2D eigenvalue weighted by molar-refractivity contribution is -0.141.